The number of nitrogens with one attached hydrogen (secondary N) is 2. The minimum Gasteiger partial charge on any atom is -0.494 e. The van der Waals surface area contributed by atoms with E-state index in [4.69, 9.17) is 4.74 Å². The van der Waals surface area contributed by atoms with Crippen LogP contribution in [0, 0.1) is 19.7 Å². The van der Waals surface area contributed by atoms with Crippen LogP contribution in [-0.4, -0.2) is 34.0 Å². The van der Waals surface area contributed by atoms with Crippen LogP contribution in [0.1, 0.15) is 30.4 Å². The molecular formula is C21H27FN2O4S. The van der Waals surface area contributed by atoms with E-state index in [1.54, 1.807) is 30.3 Å². The molecule has 2 aromatic carbocycles. The smallest absolute Gasteiger partial charge is 0.240 e. The normalized spacial score (nSPS) is 11.3. The number of hydrogen-bond acceptors (Lipinski definition) is 4. The van der Waals surface area contributed by atoms with Crippen LogP contribution < -0.4 is 14.8 Å². The summed E-state index contributed by atoms with van der Waals surface area (Å²) in [5.41, 5.74) is 1.92. The van der Waals surface area contributed by atoms with Gasteiger partial charge in [0.25, 0.3) is 0 Å². The SMILES string of the molecule is Cc1ccc(S(=O)(=O)NCCC(=O)NCCCCOc2ccc(F)cc2)cc1C. The predicted octanol–water partition coefficient (Wildman–Crippen LogP) is 3.09. The van der Waals surface area contributed by atoms with Gasteiger partial charge in [-0.2, -0.15) is 0 Å². The Hall–Kier alpha value is -2.45. The summed E-state index contributed by atoms with van der Waals surface area (Å²) in [5, 5.41) is 2.75. The molecule has 8 heteroatoms. The predicted molar refractivity (Wildman–Crippen MR) is 110 cm³/mol. The summed E-state index contributed by atoms with van der Waals surface area (Å²) in [6, 6.07) is 10.7. The van der Waals surface area contributed by atoms with Gasteiger partial charge in [-0.15, -0.1) is 0 Å². The molecular weight excluding hydrogens is 395 g/mol. The average molecular weight is 423 g/mol. The molecule has 0 bridgehead atoms. The van der Waals surface area contributed by atoms with Crippen LogP contribution in [0.3, 0.4) is 0 Å². The van der Waals surface area contributed by atoms with Crippen molar-refractivity contribution in [2.45, 2.75) is 38.0 Å². The van der Waals surface area contributed by atoms with Crippen molar-refractivity contribution in [2.24, 2.45) is 0 Å². The average Bonchev–Trinajstić information content (AvgIpc) is 2.68. The first-order chi connectivity index (χ1) is 13.8. The Morgan fingerprint density at radius 3 is 2.41 bits per heavy atom. The number of ether oxygens (including phenoxy) is 1. The Labute approximate surface area is 171 Å². The van der Waals surface area contributed by atoms with Crippen molar-refractivity contribution in [3.63, 3.8) is 0 Å². The van der Waals surface area contributed by atoms with E-state index in [0.29, 0.717) is 18.9 Å². The van der Waals surface area contributed by atoms with Gasteiger partial charge >= 0.3 is 0 Å². The van der Waals surface area contributed by atoms with Crippen LogP contribution in [0.4, 0.5) is 4.39 Å². The molecule has 2 N–H and O–H groups in total. The van der Waals surface area contributed by atoms with E-state index in [2.05, 4.69) is 10.0 Å². The van der Waals surface area contributed by atoms with Gasteiger partial charge in [-0.25, -0.2) is 17.5 Å². The number of amides is 1. The van der Waals surface area contributed by atoms with Gasteiger partial charge in [0.1, 0.15) is 11.6 Å². The van der Waals surface area contributed by atoms with Crippen LogP contribution in [0.25, 0.3) is 0 Å². The minimum atomic E-state index is -3.63. The highest BCUT2D eigenvalue weighted by Gasteiger charge is 2.14. The van der Waals surface area contributed by atoms with Crippen molar-refractivity contribution >= 4 is 15.9 Å². The Balaban J connectivity index is 1.59. The second-order valence-electron chi connectivity index (χ2n) is 6.75. The third-order valence-corrected chi connectivity index (χ3v) is 5.87. The molecule has 0 aliphatic heterocycles. The molecule has 0 unspecified atom stereocenters. The Morgan fingerprint density at radius 2 is 1.72 bits per heavy atom. The fraction of sp³-hybridized carbons (Fsp3) is 0.381. The molecule has 0 saturated carbocycles. The molecule has 0 spiro atoms. The van der Waals surface area contributed by atoms with Crippen molar-refractivity contribution in [2.75, 3.05) is 19.7 Å². The van der Waals surface area contributed by atoms with Gasteiger partial charge in [0.2, 0.25) is 15.9 Å². The molecule has 158 valence electrons. The van der Waals surface area contributed by atoms with Crippen LogP contribution in [0.5, 0.6) is 5.75 Å². The van der Waals surface area contributed by atoms with E-state index < -0.39 is 10.0 Å². The molecule has 6 nitrogen and oxygen atoms in total. The topological polar surface area (TPSA) is 84.5 Å². The number of benzene rings is 2. The zero-order valence-electron chi connectivity index (χ0n) is 16.7. The highest BCUT2D eigenvalue weighted by molar-refractivity contribution is 7.89. The monoisotopic (exact) mass is 422 g/mol. The molecule has 0 radical (unpaired) electrons. The highest BCUT2D eigenvalue weighted by atomic mass is 32.2. The van der Waals surface area contributed by atoms with Crippen LogP contribution in [-0.2, 0) is 14.8 Å². The molecule has 0 aliphatic rings. The number of carbonyl (C=O) groups is 1. The molecule has 0 atom stereocenters. The maximum absolute atomic E-state index is 12.8. The molecule has 0 saturated heterocycles. The number of rotatable bonds is 11. The van der Waals surface area contributed by atoms with Gasteiger partial charge in [-0.1, -0.05) is 6.07 Å². The zero-order valence-corrected chi connectivity index (χ0v) is 17.5. The number of sulfonamides is 1. The Morgan fingerprint density at radius 1 is 1.00 bits per heavy atom. The minimum absolute atomic E-state index is 0.0365. The van der Waals surface area contributed by atoms with Crippen molar-refractivity contribution < 1.29 is 22.3 Å². The van der Waals surface area contributed by atoms with Gasteiger partial charge in [-0.05, 0) is 74.2 Å². The first kappa shape index (κ1) is 22.8. The second-order valence-corrected chi connectivity index (χ2v) is 8.52. The molecule has 2 rings (SSSR count). The van der Waals surface area contributed by atoms with Crippen molar-refractivity contribution in [1.82, 2.24) is 10.0 Å². The third kappa shape index (κ3) is 7.83. The molecule has 0 heterocycles. The lowest BCUT2D eigenvalue weighted by Crippen LogP contribution is -2.31. The van der Waals surface area contributed by atoms with Crippen molar-refractivity contribution in [3.8, 4) is 5.75 Å². The molecule has 0 aliphatic carbocycles. The van der Waals surface area contributed by atoms with E-state index in [1.807, 2.05) is 13.8 Å². The summed E-state index contributed by atoms with van der Waals surface area (Å²) >= 11 is 0. The molecule has 2 aromatic rings. The van der Waals surface area contributed by atoms with E-state index in [1.165, 1.54) is 12.1 Å². The van der Waals surface area contributed by atoms with Gasteiger partial charge in [0.15, 0.2) is 0 Å². The quantitative estimate of drug-likeness (QED) is 0.545. The number of hydrogen-bond donors (Lipinski definition) is 2. The van der Waals surface area contributed by atoms with Gasteiger partial charge in [-0.3, -0.25) is 4.79 Å². The fourth-order valence-corrected chi connectivity index (χ4v) is 3.64. The lowest BCUT2D eigenvalue weighted by molar-refractivity contribution is -0.120. The maximum Gasteiger partial charge on any atom is 0.240 e. The first-order valence-corrected chi connectivity index (χ1v) is 11.0. The van der Waals surface area contributed by atoms with Gasteiger partial charge in [0.05, 0.1) is 11.5 Å². The van der Waals surface area contributed by atoms with E-state index in [-0.39, 0.29) is 29.6 Å². The molecule has 0 aromatic heterocycles. The molecule has 29 heavy (non-hydrogen) atoms. The third-order valence-electron chi connectivity index (χ3n) is 4.41. The van der Waals surface area contributed by atoms with Crippen LogP contribution in [0.2, 0.25) is 0 Å². The zero-order chi connectivity index (χ0) is 21.3. The molecule has 1 amide bonds. The number of carbonyl (C=O) groups excluding carboxylic acids is 1. The van der Waals surface area contributed by atoms with Crippen LogP contribution in [0.15, 0.2) is 47.4 Å². The van der Waals surface area contributed by atoms with Gasteiger partial charge < -0.3 is 10.1 Å². The summed E-state index contributed by atoms with van der Waals surface area (Å²) in [4.78, 5) is 12.0. The lowest BCUT2D eigenvalue weighted by atomic mass is 10.1. The lowest BCUT2D eigenvalue weighted by Gasteiger charge is -2.09. The molecule has 0 fully saturated rings. The number of aryl methyl sites for hydroxylation is 2. The number of unbranched alkanes of at least 4 members (excludes halogenated alkanes) is 1. The van der Waals surface area contributed by atoms with E-state index in [9.17, 15) is 17.6 Å². The number of halogens is 1. The van der Waals surface area contributed by atoms with Crippen LogP contribution >= 0.6 is 0 Å². The maximum atomic E-state index is 12.8. The first-order valence-electron chi connectivity index (χ1n) is 9.50. The summed E-state index contributed by atoms with van der Waals surface area (Å²) < 4.78 is 45.2. The largest absolute Gasteiger partial charge is 0.494 e. The summed E-state index contributed by atoms with van der Waals surface area (Å²) in [5.74, 6) is 0.0788. The fourth-order valence-electron chi connectivity index (χ4n) is 2.53. The van der Waals surface area contributed by atoms with Crippen molar-refractivity contribution in [1.29, 1.82) is 0 Å². The Bertz CT molecular complexity index is 915. The van der Waals surface area contributed by atoms with E-state index in [0.717, 1.165) is 24.0 Å². The van der Waals surface area contributed by atoms with E-state index >= 15 is 0 Å². The highest BCUT2D eigenvalue weighted by Crippen LogP contribution is 2.14. The van der Waals surface area contributed by atoms with Crippen molar-refractivity contribution in [3.05, 3.63) is 59.4 Å². The summed E-state index contributed by atoms with van der Waals surface area (Å²) in [6.07, 6.45) is 1.52. The van der Waals surface area contributed by atoms with Gasteiger partial charge in [0, 0.05) is 19.5 Å². The Kier molecular flexibility index (Phi) is 8.60. The summed E-state index contributed by atoms with van der Waals surface area (Å²) in [7, 11) is -3.63. The standard InChI is InChI=1S/C21H27FN2O4S/c1-16-5-10-20(15-17(16)2)29(26,27)24-13-11-21(25)23-12-3-4-14-28-19-8-6-18(22)7-9-19/h5-10,15,24H,3-4,11-14H2,1-2H3,(H,23,25). The second kappa shape index (κ2) is 10.9. The summed E-state index contributed by atoms with van der Waals surface area (Å²) in [6.45, 7) is 4.76.